The zero-order valence-electron chi connectivity index (χ0n) is 15.8. The maximum atomic E-state index is 12.0. The zero-order chi connectivity index (χ0) is 19.8. The number of nitrogens with zero attached hydrogens (tertiary/aromatic N) is 1. The number of halogens is 1. The van der Waals surface area contributed by atoms with Gasteiger partial charge in [-0.2, -0.15) is 0 Å². The predicted octanol–water partition coefficient (Wildman–Crippen LogP) is 3.26. The van der Waals surface area contributed by atoms with E-state index in [1.807, 2.05) is 63.5 Å². The van der Waals surface area contributed by atoms with Gasteiger partial charge in [0, 0.05) is 23.2 Å². The number of aryl methyl sites for hydroxylation is 1. The number of hydrogen-bond acceptors (Lipinski definition) is 3. The number of nitrogens with one attached hydrogen (secondary N) is 3. The van der Waals surface area contributed by atoms with Gasteiger partial charge in [0.2, 0.25) is 5.91 Å². The van der Waals surface area contributed by atoms with Crippen molar-refractivity contribution < 1.29 is 9.59 Å². The summed E-state index contributed by atoms with van der Waals surface area (Å²) in [6, 6.07) is 13.2. The summed E-state index contributed by atoms with van der Waals surface area (Å²) in [4.78, 5) is 26.1. The quantitative estimate of drug-likeness (QED) is 0.628. The molecule has 0 radical (unpaired) electrons. The minimum Gasteiger partial charge on any atom is -0.334 e. The van der Waals surface area contributed by atoms with Crippen LogP contribution in [0.5, 0.6) is 0 Å². The van der Waals surface area contributed by atoms with E-state index in [0.29, 0.717) is 6.54 Å². The molecule has 0 fully saturated rings. The molecule has 0 saturated carbocycles. The molecule has 0 aliphatic heterocycles. The van der Waals surface area contributed by atoms with E-state index in [0.717, 1.165) is 33.4 Å². The van der Waals surface area contributed by atoms with Gasteiger partial charge in [-0.1, -0.05) is 40.2 Å². The summed E-state index contributed by atoms with van der Waals surface area (Å²) in [5, 5.41) is 8.17. The Morgan fingerprint density at radius 3 is 2.41 bits per heavy atom. The number of carbonyl (C=O) groups is 2. The molecule has 3 amide bonds. The largest absolute Gasteiger partial charge is 0.334 e. The van der Waals surface area contributed by atoms with Crippen LogP contribution in [0.4, 0.5) is 10.5 Å². The van der Waals surface area contributed by atoms with Crippen LogP contribution in [0, 0.1) is 6.92 Å². The summed E-state index contributed by atoms with van der Waals surface area (Å²) in [6.45, 7) is 3.02. The lowest BCUT2D eigenvalue weighted by atomic mass is 10.1. The highest BCUT2D eigenvalue weighted by atomic mass is 79.9. The molecule has 3 N–H and O–H groups in total. The van der Waals surface area contributed by atoms with Crippen molar-refractivity contribution in [3.05, 3.63) is 63.6 Å². The van der Waals surface area contributed by atoms with Crippen molar-refractivity contribution in [3.8, 4) is 0 Å². The Morgan fingerprint density at radius 2 is 1.74 bits per heavy atom. The number of hydrogen-bond donors (Lipinski definition) is 3. The summed E-state index contributed by atoms with van der Waals surface area (Å²) in [5.74, 6) is -0.274. The molecule has 0 unspecified atom stereocenters. The van der Waals surface area contributed by atoms with E-state index in [1.54, 1.807) is 0 Å². The monoisotopic (exact) mass is 432 g/mol. The van der Waals surface area contributed by atoms with E-state index in [-0.39, 0.29) is 18.5 Å². The van der Waals surface area contributed by atoms with Crippen molar-refractivity contribution in [2.45, 2.75) is 20.0 Å². The Hall–Kier alpha value is -2.38. The van der Waals surface area contributed by atoms with Gasteiger partial charge in [0.15, 0.2) is 0 Å². The van der Waals surface area contributed by atoms with Gasteiger partial charge in [-0.15, -0.1) is 0 Å². The van der Waals surface area contributed by atoms with E-state index in [9.17, 15) is 9.59 Å². The maximum Gasteiger partial charge on any atom is 0.315 e. The van der Waals surface area contributed by atoms with Crippen molar-refractivity contribution in [2.75, 3.05) is 26.0 Å². The molecule has 0 aromatic heterocycles. The average molecular weight is 433 g/mol. The Balaban J connectivity index is 1.80. The second-order valence-corrected chi connectivity index (χ2v) is 7.47. The predicted molar refractivity (Wildman–Crippen MR) is 112 cm³/mol. The van der Waals surface area contributed by atoms with Crippen LogP contribution in [-0.4, -0.2) is 37.5 Å². The third-order valence-corrected chi connectivity index (χ3v) is 4.41. The van der Waals surface area contributed by atoms with Crippen LogP contribution < -0.4 is 16.0 Å². The molecule has 0 heterocycles. The molecular formula is C20H25BrN4O2. The second kappa shape index (κ2) is 10.1. The van der Waals surface area contributed by atoms with E-state index in [2.05, 4.69) is 36.8 Å². The number of amides is 3. The number of benzene rings is 2. The lowest BCUT2D eigenvalue weighted by Crippen LogP contribution is -2.39. The first-order chi connectivity index (χ1) is 12.8. The Kier molecular flexibility index (Phi) is 7.82. The van der Waals surface area contributed by atoms with Crippen molar-refractivity contribution in [3.63, 3.8) is 0 Å². The van der Waals surface area contributed by atoms with Crippen LogP contribution in [0.2, 0.25) is 0 Å². The topological polar surface area (TPSA) is 73.5 Å². The molecule has 27 heavy (non-hydrogen) atoms. The van der Waals surface area contributed by atoms with Crippen LogP contribution in [0.1, 0.15) is 16.7 Å². The number of urea groups is 1. The standard InChI is InChI=1S/C20H25BrN4O2/c1-14-10-17(21)8-9-18(14)24-19(26)12-23-20(27)22-11-15-6-4-5-7-16(15)13-25(2)3/h4-10H,11-13H2,1-3H3,(H,24,26)(H2,22,23,27). The van der Waals surface area contributed by atoms with E-state index in [1.165, 1.54) is 0 Å². The lowest BCUT2D eigenvalue weighted by molar-refractivity contribution is -0.115. The summed E-state index contributed by atoms with van der Waals surface area (Å²) in [7, 11) is 4.01. The second-order valence-electron chi connectivity index (χ2n) is 6.55. The van der Waals surface area contributed by atoms with Crippen LogP contribution >= 0.6 is 15.9 Å². The Labute approximate surface area is 168 Å². The fourth-order valence-electron chi connectivity index (χ4n) is 2.59. The maximum absolute atomic E-state index is 12.0. The molecule has 0 saturated heterocycles. The van der Waals surface area contributed by atoms with Gasteiger partial charge < -0.3 is 20.9 Å². The summed E-state index contributed by atoms with van der Waals surface area (Å²) in [5.41, 5.74) is 3.88. The third kappa shape index (κ3) is 7.03. The normalized spacial score (nSPS) is 10.6. The number of rotatable bonds is 7. The number of anilines is 1. The van der Waals surface area contributed by atoms with Crippen molar-refractivity contribution in [1.29, 1.82) is 0 Å². The number of carbonyl (C=O) groups excluding carboxylic acids is 2. The molecule has 6 nitrogen and oxygen atoms in total. The fraction of sp³-hybridized carbons (Fsp3) is 0.300. The van der Waals surface area contributed by atoms with E-state index in [4.69, 9.17) is 0 Å². The molecule has 7 heteroatoms. The first-order valence-corrected chi connectivity index (χ1v) is 9.43. The van der Waals surface area contributed by atoms with Gasteiger partial charge in [0.1, 0.15) is 0 Å². The highest BCUT2D eigenvalue weighted by molar-refractivity contribution is 9.10. The molecule has 0 spiro atoms. The lowest BCUT2D eigenvalue weighted by Gasteiger charge is -2.15. The molecular weight excluding hydrogens is 408 g/mol. The zero-order valence-corrected chi connectivity index (χ0v) is 17.4. The van der Waals surface area contributed by atoms with Crippen molar-refractivity contribution in [1.82, 2.24) is 15.5 Å². The Morgan fingerprint density at radius 1 is 1.04 bits per heavy atom. The molecule has 0 aliphatic rings. The summed E-state index contributed by atoms with van der Waals surface area (Å²) < 4.78 is 0.949. The molecule has 0 bridgehead atoms. The van der Waals surface area contributed by atoms with Crippen LogP contribution in [0.3, 0.4) is 0 Å². The highest BCUT2D eigenvalue weighted by Gasteiger charge is 2.09. The van der Waals surface area contributed by atoms with Crippen molar-refractivity contribution >= 4 is 33.6 Å². The van der Waals surface area contributed by atoms with E-state index < -0.39 is 0 Å². The molecule has 2 rings (SSSR count). The van der Waals surface area contributed by atoms with Gasteiger partial charge >= 0.3 is 6.03 Å². The molecule has 2 aromatic carbocycles. The fourth-order valence-corrected chi connectivity index (χ4v) is 3.06. The first-order valence-electron chi connectivity index (χ1n) is 8.64. The third-order valence-electron chi connectivity index (χ3n) is 3.92. The minimum atomic E-state index is -0.377. The van der Waals surface area contributed by atoms with Crippen LogP contribution in [-0.2, 0) is 17.9 Å². The first kappa shape index (κ1) is 20.9. The van der Waals surface area contributed by atoms with Gasteiger partial charge in [-0.25, -0.2) is 4.79 Å². The van der Waals surface area contributed by atoms with Gasteiger partial charge in [-0.05, 0) is 55.9 Å². The highest BCUT2D eigenvalue weighted by Crippen LogP contribution is 2.19. The molecule has 0 aliphatic carbocycles. The summed E-state index contributed by atoms with van der Waals surface area (Å²) >= 11 is 3.39. The Bertz CT molecular complexity index is 808. The average Bonchev–Trinajstić information content (AvgIpc) is 2.61. The van der Waals surface area contributed by atoms with E-state index >= 15 is 0 Å². The van der Waals surface area contributed by atoms with Gasteiger partial charge in [0.25, 0.3) is 0 Å². The van der Waals surface area contributed by atoms with Crippen molar-refractivity contribution in [2.24, 2.45) is 0 Å². The SMILES string of the molecule is Cc1cc(Br)ccc1NC(=O)CNC(=O)NCc1ccccc1CN(C)C. The molecule has 0 atom stereocenters. The minimum absolute atomic E-state index is 0.0965. The van der Waals surface area contributed by atoms with Crippen LogP contribution in [0.25, 0.3) is 0 Å². The van der Waals surface area contributed by atoms with Crippen LogP contribution in [0.15, 0.2) is 46.9 Å². The smallest absolute Gasteiger partial charge is 0.315 e. The van der Waals surface area contributed by atoms with Gasteiger partial charge in [-0.3, -0.25) is 4.79 Å². The van der Waals surface area contributed by atoms with Gasteiger partial charge in [0.05, 0.1) is 6.54 Å². The molecule has 144 valence electrons. The molecule has 2 aromatic rings. The summed E-state index contributed by atoms with van der Waals surface area (Å²) in [6.07, 6.45) is 0.